The molecule has 4 heteroatoms. The van der Waals surface area contributed by atoms with Gasteiger partial charge >= 0.3 is 0 Å². The van der Waals surface area contributed by atoms with Gasteiger partial charge in [0, 0.05) is 13.1 Å². The summed E-state index contributed by atoms with van der Waals surface area (Å²) < 4.78 is 20.8. The van der Waals surface area contributed by atoms with E-state index in [1.165, 1.54) is 4.31 Å². The van der Waals surface area contributed by atoms with Crippen molar-refractivity contribution < 1.29 is 8.76 Å². The Morgan fingerprint density at radius 2 is 1.82 bits per heavy atom. The Labute approximate surface area is 71.2 Å². The highest BCUT2D eigenvalue weighted by atomic mass is 32.2. The summed E-state index contributed by atoms with van der Waals surface area (Å²) in [6, 6.07) is 0.0910. The third kappa shape index (κ3) is 3.31. The van der Waals surface area contributed by atoms with Crippen molar-refractivity contribution in [2.75, 3.05) is 7.05 Å². The first-order valence-corrected chi connectivity index (χ1v) is 4.67. The summed E-state index contributed by atoms with van der Waals surface area (Å²) in [4.78, 5) is 0. The van der Waals surface area contributed by atoms with E-state index in [1.54, 1.807) is 7.05 Å². The lowest BCUT2D eigenvalue weighted by Crippen LogP contribution is -2.40. The molecule has 0 aliphatic carbocycles. The van der Waals surface area contributed by atoms with Crippen LogP contribution < -0.4 is 0 Å². The first kappa shape index (κ1) is 11.1. The van der Waals surface area contributed by atoms with E-state index in [9.17, 15) is 4.21 Å². The van der Waals surface area contributed by atoms with Gasteiger partial charge in [-0.05, 0) is 12.3 Å². The van der Waals surface area contributed by atoms with Gasteiger partial charge in [0.1, 0.15) is 0 Å². The highest BCUT2D eigenvalue weighted by molar-refractivity contribution is 7.76. The van der Waals surface area contributed by atoms with E-state index in [0.29, 0.717) is 0 Å². The zero-order valence-corrected chi connectivity index (χ0v) is 8.60. The summed E-state index contributed by atoms with van der Waals surface area (Å²) in [5.41, 5.74) is 0.0349. The molecule has 0 fully saturated rings. The van der Waals surface area contributed by atoms with Crippen LogP contribution in [0.5, 0.6) is 0 Å². The molecule has 0 aliphatic rings. The van der Waals surface area contributed by atoms with Crippen LogP contribution in [0.4, 0.5) is 0 Å². The van der Waals surface area contributed by atoms with Gasteiger partial charge in [-0.3, -0.25) is 4.55 Å². The van der Waals surface area contributed by atoms with Crippen molar-refractivity contribution in [3.05, 3.63) is 0 Å². The zero-order valence-electron chi connectivity index (χ0n) is 7.79. The second kappa shape index (κ2) is 3.65. The van der Waals surface area contributed by atoms with Gasteiger partial charge in [-0.1, -0.05) is 20.8 Å². The number of nitrogens with zero attached hydrogens (tertiary/aromatic N) is 1. The molecule has 0 aromatic carbocycles. The fraction of sp³-hybridized carbons (Fsp3) is 1.00. The van der Waals surface area contributed by atoms with Gasteiger partial charge in [-0.15, -0.1) is 0 Å². The Balaban J connectivity index is 4.25. The highest BCUT2D eigenvalue weighted by Gasteiger charge is 2.26. The maximum Gasteiger partial charge on any atom is 0.234 e. The summed E-state index contributed by atoms with van der Waals surface area (Å²) in [6.45, 7) is 8.07. The van der Waals surface area contributed by atoms with Crippen molar-refractivity contribution in [2.24, 2.45) is 5.41 Å². The second-order valence-electron chi connectivity index (χ2n) is 3.82. The molecule has 0 aliphatic heterocycles. The van der Waals surface area contributed by atoms with Crippen LogP contribution >= 0.6 is 0 Å². The monoisotopic (exact) mass is 179 g/mol. The predicted octanol–water partition coefficient (Wildman–Crippen LogP) is 1.49. The van der Waals surface area contributed by atoms with Crippen LogP contribution in [-0.2, 0) is 11.3 Å². The fourth-order valence-corrected chi connectivity index (χ4v) is 1.27. The molecule has 2 atom stereocenters. The molecular formula is C7H17NO2S. The Morgan fingerprint density at radius 3 is 1.91 bits per heavy atom. The molecule has 0 heterocycles. The van der Waals surface area contributed by atoms with Gasteiger partial charge in [0.05, 0.1) is 0 Å². The Kier molecular flexibility index (Phi) is 3.67. The van der Waals surface area contributed by atoms with E-state index < -0.39 is 11.3 Å². The molecule has 0 spiro atoms. The van der Waals surface area contributed by atoms with Gasteiger partial charge < -0.3 is 0 Å². The third-order valence-corrected chi connectivity index (χ3v) is 2.85. The molecule has 68 valence electrons. The molecule has 0 rings (SSSR count). The first-order valence-electron chi connectivity index (χ1n) is 3.60. The van der Waals surface area contributed by atoms with E-state index in [1.807, 2.05) is 27.7 Å². The summed E-state index contributed by atoms with van der Waals surface area (Å²) in [5, 5.41) is 0. The summed E-state index contributed by atoms with van der Waals surface area (Å²) in [5.74, 6) is 0. The van der Waals surface area contributed by atoms with Crippen LogP contribution in [0.25, 0.3) is 0 Å². The smallest absolute Gasteiger partial charge is 0.234 e. The van der Waals surface area contributed by atoms with Crippen molar-refractivity contribution in [3.63, 3.8) is 0 Å². The van der Waals surface area contributed by atoms with Crippen molar-refractivity contribution in [2.45, 2.75) is 33.7 Å². The topological polar surface area (TPSA) is 40.5 Å². The van der Waals surface area contributed by atoms with Gasteiger partial charge in [-0.2, -0.15) is 0 Å². The maximum absolute atomic E-state index is 10.6. The van der Waals surface area contributed by atoms with E-state index in [4.69, 9.17) is 4.55 Å². The molecule has 0 saturated heterocycles. The molecule has 2 unspecified atom stereocenters. The molecule has 0 aromatic rings. The van der Waals surface area contributed by atoms with Crippen LogP contribution in [-0.4, -0.2) is 26.2 Å². The minimum Gasteiger partial charge on any atom is -0.294 e. The van der Waals surface area contributed by atoms with Crippen LogP contribution in [0.3, 0.4) is 0 Å². The van der Waals surface area contributed by atoms with Gasteiger partial charge in [0.15, 0.2) is 0 Å². The predicted molar refractivity (Wildman–Crippen MR) is 47.5 cm³/mol. The van der Waals surface area contributed by atoms with Crippen molar-refractivity contribution in [3.8, 4) is 0 Å². The van der Waals surface area contributed by atoms with Crippen molar-refractivity contribution in [1.82, 2.24) is 4.31 Å². The minimum atomic E-state index is -1.85. The quantitative estimate of drug-likeness (QED) is 0.652. The van der Waals surface area contributed by atoms with Crippen molar-refractivity contribution >= 4 is 11.3 Å². The normalized spacial score (nSPS) is 18.5. The summed E-state index contributed by atoms with van der Waals surface area (Å²) in [6.07, 6.45) is 0. The Bertz CT molecular complexity index is 153. The van der Waals surface area contributed by atoms with Crippen LogP contribution in [0.15, 0.2) is 0 Å². The van der Waals surface area contributed by atoms with Gasteiger partial charge in [-0.25, -0.2) is 8.51 Å². The second-order valence-corrected chi connectivity index (χ2v) is 4.86. The van der Waals surface area contributed by atoms with E-state index in [2.05, 4.69) is 0 Å². The molecule has 11 heavy (non-hydrogen) atoms. The SMILES string of the molecule is CC(N(C)S(=O)O)C(C)(C)C. The van der Waals surface area contributed by atoms with Crippen LogP contribution in [0.2, 0.25) is 0 Å². The molecule has 0 amide bonds. The van der Waals surface area contributed by atoms with E-state index in [-0.39, 0.29) is 11.5 Å². The van der Waals surface area contributed by atoms with E-state index in [0.717, 1.165) is 0 Å². The molecule has 3 nitrogen and oxygen atoms in total. The largest absolute Gasteiger partial charge is 0.294 e. The molecular weight excluding hydrogens is 162 g/mol. The lowest BCUT2D eigenvalue weighted by molar-refractivity contribution is 0.214. The summed E-state index contributed by atoms with van der Waals surface area (Å²) in [7, 11) is 1.64. The zero-order chi connectivity index (χ0) is 9.23. The average Bonchev–Trinajstić information content (AvgIpc) is 1.82. The number of rotatable bonds is 2. The molecule has 0 bridgehead atoms. The minimum absolute atomic E-state index is 0.0349. The number of hydrogen-bond donors (Lipinski definition) is 1. The first-order chi connectivity index (χ1) is 4.76. The van der Waals surface area contributed by atoms with Gasteiger partial charge in [0.2, 0.25) is 11.3 Å². The Hall–Kier alpha value is 0.0700. The fourth-order valence-electron chi connectivity index (χ4n) is 0.681. The third-order valence-electron chi connectivity index (χ3n) is 2.05. The lowest BCUT2D eigenvalue weighted by atomic mass is 9.88. The molecule has 0 saturated carbocycles. The van der Waals surface area contributed by atoms with Crippen LogP contribution in [0, 0.1) is 5.41 Å². The van der Waals surface area contributed by atoms with Gasteiger partial charge in [0.25, 0.3) is 0 Å². The maximum atomic E-state index is 10.6. The van der Waals surface area contributed by atoms with Crippen LogP contribution in [0.1, 0.15) is 27.7 Å². The standard InChI is InChI=1S/C7H17NO2S/c1-6(7(2,3)4)8(5)11(9)10/h6H,1-5H3,(H,9,10). The number of hydrogen-bond acceptors (Lipinski definition) is 1. The lowest BCUT2D eigenvalue weighted by Gasteiger charge is -2.32. The molecule has 0 aromatic heterocycles. The average molecular weight is 179 g/mol. The van der Waals surface area contributed by atoms with E-state index >= 15 is 0 Å². The Morgan fingerprint density at radius 1 is 1.45 bits per heavy atom. The molecule has 0 radical (unpaired) electrons. The summed E-state index contributed by atoms with van der Waals surface area (Å²) >= 11 is -1.85. The highest BCUT2D eigenvalue weighted by Crippen LogP contribution is 2.23. The molecule has 1 N–H and O–H groups in total. The van der Waals surface area contributed by atoms with Crippen molar-refractivity contribution in [1.29, 1.82) is 0 Å².